The van der Waals surface area contributed by atoms with E-state index in [9.17, 15) is 14.7 Å². The Bertz CT molecular complexity index is 1590. The van der Waals surface area contributed by atoms with E-state index in [0.29, 0.717) is 38.9 Å². The minimum Gasteiger partial charge on any atom is -0.507 e. The van der Waals surface area contributed by atoms with Crippen LogP contribution in [0.15, 0.2) is 84.4 Å². The van der Waals surface area contributed by atoms with Crippen molar-refractivity contribution in [1.29, 1.82) is 0 Å². The third-order valence-electron chi connectivity index (χ3n) is 6.71. The van der Waals surface area contributed by atoms with Gasteiger partial charge in [-0.15, -0.1) is 0 Å². The highest BCUT2D eigenvalue weighted by atomic mass is 35.5. The van der Waals surface area contributed by atoms with E-state index in [0.717, 1.165) is 10.8 Å². The first-order valence-corrected chi connectivity index (χ1v) is 12.0. The van der Waals surface area contributed by atoms with Crippen molar-refractivity contribution in [3.8, 4) is 11.5 Å². The molecule has 1 unspecified atom stereocenters. The largest absolute Gasteiger partial charge is 0.507 e. The second-order valence-corrected chi connectivity index (χ2v) is 9.10. The van der Waals surface area contributed by atoms with Gasteiger partial charge in [0.25, 0.3) is 11.7 Å². The number of anilines is 1. The first-order chi connectivity index (χ1) is 17.9. The van der Waals surface area contributed by atoms with E-state index in [1.807, 2.05) is 30.3 Å². The maximum atomic E-state index is 13.6. The van der Waals surface area contributed by atoms with Crippen molar-refractivity contribution in [2.24, 2.45) is 0 Å². The molecule has 0 spiro atoms. The van der Waals surface area contributed by atoms with Crippen LogP contribution >= 0.6 is 11.6 Å². The van der Waals surface area contributed by atoms with Crippen molar-refractivity contribution in [3.63, 3.8) is 0 Å². The Labute approximate surface area is 219 Å². The van der Waals surface area contributed by atoms with E-state index in [4.69, 9.17) is 21.1 Å². The normalized spacial score (nSPS) is 16.9. The Kier molecular flexibility index (Phi) is 6.36. The summed E-state index contributed by atoms with van der Waals surface area (Å²) < 4.78 is 10.9. The van der Waals surface area contributed by atoms with E-state index >= 15 is 0 Å². The van der Waals surface area contributed by atoms with Crippen molar-refractivity contribution >= 4 is 45.5 Å². The van der Waals surface area contributed by atoms with Crippen LogP contribution in [-0.4, -0.2) is 31.0 Å². The summed E-state index contributed by atoms with van der Waals surface area (Å²) in [5, 5.41) is 13.8. The summed E-state index contributed by atoms with van der Waals surface area (Å²) in [5.41, 5.74) is 2.13. The average Bonchev–Trinajstić information content (AvgIpc) is 3.19. The molecule has 7 heteroatoms. The van der Waals surface area contributed by atoms with Gasteiger partial charge >= 0.3 is 0 Å². The molecule has 1 amide bonds. The Hall–Kier alpha value is -4.29. The van der Waals surface area contributed by atoms with Crippen LogP contribution in [0.2, 0.25) is 5.02 Å². The molecule has 6 nitrogen and oxygen atoms in total. The highest BCUT2D eigenvalue weighted by molar-refractivity contribution is 6.52. The second-order valence-electron chi connectivity index (χ2n) is 8.69. The van der Waals surface area contributed by atoms with Gasteiger partial charge < -0.3 is 14.6 Å². The standard InChI is InChI=1S/C30H24ClNO5/c1-17-22(31)12-7-13-23(17)32-27(19-14-15-24(36-2)25(16-19)37-3)26(29(34)30(32)35)28(33)21-11-6-9-18-8-4-5-10-20(18)21/h4-16,27,33H,1-3H3/b28-26+. The summed E-state index contributed by atoms with van der Waals surface area (Å²) in [7, 11) is 3.04. The first-order valence-electron chi connectivity index (χ1n) is 11.6. The van der Waals surface area contributed by atoms with Gasteiger partial charge in [-0.05, 0) is 53.1 Å². The highest BCUT2D eigenvalue weighted by Crippen LogP contribution is 2.46. The molecule has 0 aromatic heterocycles. The number of methoxy groups -OCH3 is 2. The number of hydrogen-bond acceptors (Lipinski definition) is 5. The number of nitrogens with zero attached hydrogens (tertiary/aromatic N) is 1. The van der Waals surface area contributed by atoms with Gasteiger partial charge in [-0.3, -0.25) is 14.5 Å². The van der Waals surface area contributed by atoms with Crippen LogP contribution in [0.4, 0.5) is 5.69 Å². The molecule has 1 aliphatic heterocycles. The maximum Gasteiger partial charge on any atom is 0.300 e. The molecule has 0 bridgehead atoms. The first kappa shape index (κ1) is 24.4. The molecule has 37 heavy (non-hydrogen) atoms. The second kappa shape index (κ2) is 9.64. The third-order valence-corrected chi connectivity index (χ3v) is 7.12. The van der Waals surface area contributed by atoms with E-state index in [2.05, 4.69) is 0 Å². The fourth-order valence-corrected chi connectivity index (χ4v) is 5.02. The summed E-state index contributed by atoms with van der Waals surface area (Å²) in [5.74, 6) is -0.872. The van der Waals surface area contributed by atoms with Crippen LogP contribution in [0.25, 0.3) is 16.5 Å². The van der Waals surface area contributed by atoms with Crippen molar-refractivity contribution in [2.75, 3.05) is 19.1 Å². The van der Waals surface area contributed by atoms with E-state index in [-0.39, 0.29) is 11.3 Å². The number of amides is 1. The predicted octanol–water partition coefficient (Wildman–Crippen LogP) is 6.45. The molecule has 0 aliphatic carbocycles. The molecule has 186 valence electrons. The number of halogens is 1. The molecule has 0 radical (unpaired) electrons. The molecular weight excluding hydrogens is 490 g/mol. The third kappa shape index (κ3) is 3.99. The fraction of sp³-hybridized carbons (Fsp3) is 0.133. The number of hydrogen-bond donors (Lipinski definition) is 1. The number of carbonyl (C=O) groups is 2. The lowest BCUT2D eigenvalue weighted by Crippen LogP contribution is -2.30. The van der Waals surface area contributed by atoms with Crippen LogP contribution in [0.3, 0.4) is 0 Å². The molecule has 1 atom stereocenters. The molecule has 4 aromatic rings. The lowest BCUT2D eigenvalue weighted by molar-refractivity contribution is -0.132. The Morgan fingerprint density at radius 2 is 1.59 bits per heavy atom. The number of ketones is 1. The number of aliphatic hydroxyl groups excluding tert-OH is 1. The number of fused-ring (bicyclic) bond motifs is 1. The van der Waals surface area contributed by atoms with E-state index < -0.39 is 17.7 Å². The monoisotopic (exact) mass is 513 g/mol. The Balaban J connectivity index is 1.81. The molecule has 1 fully saturated rings. The summed E-state index contributed by atoms with van der Waals surface area (Å²) >= 11 is 6.40. The molecule has 1 N–H and O–H groups in total. The van der Waals surface area contributed by atoms with Gasteiger partial charge in [0.1, 0.15) is 5.76 Å². The summed E-state index contributed by atoms with van der Waals surface area (Å²) in [6, 6.07) is 22.4. The van der Waals surface area contributed by atoms with Gasteiger partial charge in [0, 0.05) is 16.3 Å². The predicted molar refractivity (Wildman–Crippen MR) is 144 cm³/mol. The SMILES string of the molecule is COc1ccc(C2/C(=C(\O)c3cccc4ccccc34)C(=O)C(=O)N2c2cccc(Cl)c2C)cc1OC. The van der Waals surface area contributed by atoms with Gasteiger partial charge in [-0.25, -0.2) is 0 Å². The summed E-state index contributed by atoms with van der Waals surface area (Å²) in [4.78, 5) is 28.6. The molecule has 4 aromatic carbocycles. The molecule has 1 saturated heterocycles. The zero-order valence-corrected chi connectivity index (χ0v) is 21.2. The van der Waals surface area contributed by atoms with Crippen molar-refractivity contribution in [3.05, 3.63) is 106 Å². The molecule has 5 rings (SSSR count). The Morgan fingerprint density at radius 1 is 0.892 bits per heavy atom. The van der Waals surface area contributed by atoms with E-state index in [1.165, 1.54) is 19.1 Å². The van der Waals surface area contributed by atoms with Crippen molar-refractivity contribution in [2.45, 2.75) is 13.0 Å². The minimum atomic E-state index is -0.934. The molecular formula is C30H24ClNO5. The van der Waals surface area contributed by atoms with E-state index in [1.54, 1.807) is 55.5 Å². The molecule has 0 saturated carbocycles. The number of Topliss-reactive ketones (excluding diaryl/α,β-unsaturated/α-hetero) is 1. The van der Waals surface area contributed by atoms with Gasteiger partial charge in [-0.1, -0.05) is 66.2 Å². The van der Waals surface area contributed by atoms with Crippen LogP contribution in [0, 0.1) is 6.92 Å². The average molecular weight is 514 g/mol. The lowest BCUT2D eigenvalue weighted by Gasteiger charge is -2.27. The quantitative estimate of drug-likeness (QED) is 0.189. The number of benzene rings is 4. The van der Waals surface area contributed by atoms with Crippen LogP contribution in [0.1, 0.15) is 22.7 Å². The van der Waals surface area contributed by atoms with Crippen LogP contribution < -0.4 is 14.4 Å². The van der Waals surface area contributed by atoms with Gasteiger partial charge in [-0.2, -0.15) is 0 Å². The highest BCUT2D eigenvalue weighted by Gasteiger charge is 2.47. The van der Waals surface area contributed by atoms with Gasteiger partial charge in [0.15, 0.2) is 11.5 Å². The van der Waals surface area contributed by atoms with Crippen molar-refractivity contribution < 1.29 is 24.2 Å². The zero-order chi connectivity index (χ0) is 26.3. The fourth-order valence-electron chi connectivity index (χ4n) is 4.85. The number of ether oxygens (including phenoxy) is 2. The number of carbonyl (C=O) groups excluding carboxylic acids is 2. The number of rotatable bonds is 5. The van der Waals surface area contributed by atoms with Gasteiger partial charge in [0.2, 0.25) is 0 Å². The maximum absolute atomic E-state index is 13.6. The number of aliphatic hydroxyl groups is 1. The lowest BCUT2D eigenvalue weighted by atomic mass is 9.93. The minimum absolute atomic E-state index is 0.0204. The summed E-state index contributed by atoms with van der Waals surface area (Å²) in [6.07, 6.45) is 0. The van der Waals surface area contributed by atoms with Crippen LogP contribution in [-0.2, 0) is 9.59 Å². The van der Waals surface area contributed by atoms with Crippen LogP contribution in [0.5, 0.6) is 11.5 Å². The topological polar surface area (TPSA) is 76.1 Å². The van der Waals surface area contributed by atoms with Crippen molar-refractivity contribution in [1.82, 2.24) is 0 Å². The zero-order valence-electron chi connectivity index (χ0n) is 20.5. The van der Waals surface area contributed by atoms with Gasteiger partial charge in [0.05, 0.1) is 25.8 Å². The molecule has 1 heterocycles. The Morgan fingerprint density at radius 3 is 2.35 bits per heavy atom. The smallest absolute Gasteiger partial charge is 0.300 e. The summed E-state index contributed by atoms with van der Waals surface area (Å²) in [6.45, 7) is 1.79. The molecule has 1 aliphatic rings.